The Morgan fingerprint density at radius 3 is 2.62 bits per heavy atom. The maximum atomic E-state index is 14.9. The van der Waals surface area contributed by atoms with Gasteiger partial charge in [0.2, 0.25) is 0 Å². The lowest BCUT2D eigenvalue weighted by Gasteiger charge is -2.12. The fourth-order valence-corrected chi connectivity index (χ4v) is 3.93. The van der Waals surface area contributed by atoms with Crippen LogP contribution in [-0.4, -0.2) is 30.6 Å². The maximum absolute atomic E-state index is 14.9. The zero-order valence-electron chi connectivity index (χ0n) is 22.0. The summed E-state index contributed by atoms with van der Waals surface area (Å²) in [5, 5.41) is 23.2. The van der Waals surface area contributed by atoms with Crippen molar-refractivity contribution in [3.05, 3.63) is 96.3 Å². The average molecular weight is 537 g/mol. The molecule has 3 heterocycles. The summed E-state index contributed by atoms with van der Waals surface area (Å²) in [6.45, 7) is 3.96. The molecule has 0 atom stereocenters. The Morgan fingerprint density at radius 2 is 1.90 bits per heavy atom. The van der Waals surface area contributed by atoms with Crippen LogP contribution in [0.25, 0.3) is 16.9 Å². The van der Waals surface area contributed by atoms with Crippen molar-refractivity contribution in [1.29, 1.82) is 5.26 Å². The van der Waals surface area contributed by atoms with E-state index in [2.05, 4.69) is 31.9 Å². The van der Waals surface area contributed by atoms with Crippen LogP contribution in [0.15, 0.2) is 79.3 Å². The highest BCUT2D eigenvalue weighted by Gasteiger charge is 2.16. The molecular weight excluding hydrogens is 511 g/mol. The van der Waals surface area contributed by atoms with E-state index in [0.29, 0.717) is 28.5 Å². The first-order chi connectivity index (χ1) is 19.3. The zero-order valence-corrected chi connectivity index (χ0v) is 22.0. The number of pyridine rings is 1. The molecule has 3 aromatic heterocycles. The van der Waals surface area contributed by atoms with Crippen molar-refractivity contribution >= 4 is 17.5 Å². The molecule has 5 rings (SSSR count). The van der Waals surface area contributed by atoms with Gasteiger partial charge in [0.1, 0.15) is 23.1 Å². The van der Waals surface area contributed by atoms with Crippen LogP contribution in [0.2, 0.25) is 0 Å². The van der Waals surface area contributed by atoms with E-state index in [1.807, 2.05) is 27.1 Å². The molecule has 5 aromatic rings. The van der Waals surface area contributed by atoms with Gasteiger partial charge in [-0.2, -0.15) is 15.5 Å². The number of nitrogens with one attached hydrogen (secondary N) is 2. The van der Waals surface area contributed by atoms with Gasteiger partial charge in [-0.15, -0.1) is 0 Å². The molecule has 200 valence electrons. The number of urea groups is 1. The molecule has 10 nitrogen and oxygen atoms in total. The van der Waals surface area contributed by atoms with E-state index in [1.165, 1.54) is 16.8 Å². The first kappa shape index (κ1) is 26.1. The minimum absolute atomic E-state index is 0.0303. The first-order valence-corrected chi connectivity index (χ1v) is 12.4. The Morgan fingerprint density at radius 1 is 1.07 bits per heavy atom. The topological polar surface area (TPSA) is 123 Å². The highest BCUT2D eigenvalue weighted by atomic mass is 19.1. The van der Waals surface area contributed by atoms with E-state index in [9.17, 15) is 14.4 Å². The van der Waals surface area contributed by atoms with Gasteiger partial charge in [0.15, 0.2) is 0 Å². The van der Waals surface area contributed by atoms with Crippen molar-refractivity contribution < 1.29 is 13.9 Å². The van der Waals surface area contributed by atoms with Gasteiger partial charge >= 0.3 is 6.03 Å². The molecule has 0 aliphatic rings. The lowest BCUT2D eigenvalue weighted by Crippen LogP contribution is -2.22. The van der Waals surface area contributed by atoms with Crippen LogP contribution in [0.5, 0.6) is 11.5 Å². The molecule has 0 saturated heterocycles. The normalized spacial score (nSPS) is 10.8. The number of hydrogen-bond acceptors (Lipinski definition) is 6. The summed E-state index contributed by atoms with van der Waals surface area (Å²) >= 11 is 0. The summed E-state index contributed by atoms with van der Waals surface area (Å²) in [5.74, 6) is 0.520. The van der Waals surface area contributed by atoms with E-state index >= 15 is 0 Å². The Hall–Kier alpha value is -5.50. The lowest BCUT2D eigenvalue weighted by molar-refractivity contribution is 0.262. The predicted molar refractivity (Wildman–Crippen MR) is 148 cm³/mol. The molecule has 0 radical (unpaired) electrons. The second-order valence-electron chi connectivity index (χ2n) is 9.29. The van der Waals surface area contributed by atoms with Crippen LogP contribution in [-0.2, 0) is 7.05 Å². The highest BCUT2D eigenvalue weighted by molar-refractivity contribution is 5.99. The predicted octanol–water partition coefficient (Wildman–Crippen LogP) is 6.24. The highest BCUT2D eigenvalue weighted by Crippen LogP contribution is 2.28. The molecule has 40 heavy (non-hydrogen) atoms. The van der Waals surface area contributed by atoms with Crippen LogP contribution in [0.3, 0.4) is 0 Å². The Kier molecular flexibility index (Phi) is 7.24. The standard InChI is InChI=1S/C29H25FN8O2/c1-18(2)26-14-28(38(36-26)21-6-4-5-19(11-21)15-31)35-29(39)34-25-8-7-22(12-24(25)30)40-23-9-10-32-27(13-23)20-16-33-37(3)17-20/h4-14,16-18H,1-3H3,(H2,34,35,39). The monoisotopic (exact) mass is 536 g/mol. The third-order valence-electron chi connectivity index (χ3n) is 5.94. The number of amides is 2. The van der Waals surface area contributed by atoms with Crippen molar-refractivity contribution in [2.75, 3.05) is 10.6 Å². The number of nitriles is 1. The van der Waals surface area contributed by atoms with E-state index in [0.717, 1.165) is 11.3 Å². The smallest absolute Gasteiger partial charge is 0.324 e. The number of carbonyl (C=O) groups is 1. The van der Waals surface area contributed by atoms with Crippen molar-refractivity contribution in [2.24, 2.45) is 7.05 Å². The van der Waals surface area contributed by atoms with Crippen molar-refractivity contribution in [2.45, 2.75) is 19.8 Å². The molecule has 2 aromatic carbocycles. The second-order valence-corrected chi connectivity index (χ2v) is 9.29. The number of ether oxygens (including phenoxy) is 1. The van der Waals surface area contributed by atoms with Gasteiger partial charge in [-0.1, -0.05) is 19.9 Å². The third kappa shape index (κ3) is 5.81. The van der Waals surface area contributed by atoms with E-state index in [-0.39, 0.29) is 17.4 Å². The molecule has 0 bridgehead atoms. The minimum Gasteiger partial charge on any atom is -0.457 e. The molecule has 0 fully saturated rings. The number of hydrogen-bond donors (Lipinski definition) is 2. The molecule has 0 aliphatic heterocycles. The van der Waals surface area contributed by atoms with Gasteiger partial charge in [-0.25, -0.2) is 13.9 Å². The van der Waals surface area contributed by atoms with Gasteiger partial charge in [-0.05, 0) is 42.3 Å². The molecule has 2 amide bonds. The summed E-state index contributed by atoms with van der Waals surface area (Å²) < 4.78 is 24.0. The van der Waals surface area contributed by atoms with Crippen LogP contribution >= 0.6 is 0 Å². The number of carbonyl (C=O) groups excluding carboxylic acids is 1. The quantitative estimate of drug-likeness (QED) is 0.254. The third-order valence-corrected chi connectivity index (χ3v) is 5.94. The molecule has 0 spiro atoms. The van der Waals surface area contributed by atoms with Crippen molar-refractivity contribution in [1.82, 2.24) is 24.5 Å². The van der Waals surface area contributed by atoms with E-state index in [4.69, 9.17) is 4.74 Å². The molecule has 0 unspecified atom stereocenters. The van der Waals surface area contributed by atoms with E-state index < -0.39 is 11.8 Å². The first-order valence-electron chi connectivity index (χ1n) is 12.4. The summed E-state index contributed by atoms with van der Waals surface area (Å²) in [4.78, 5) is 17.2. The lowest BCUT2D eigenvalue weighted by atomic mass is 10.1. The van der Waals surface area contributed by atoms with Gasteiger partial charge in [-0.3, -0.25) is 15.0 Å². The second kappa shape index (κ2) is 11.1. The average Bonchev–Trinajstić information content (AvgIpc) is 3.57. The SMILES string of the molecule is CC(C)c1cc(NC(=O)Nc2ccc(Oc3ccnc(-c4cnn(C)c4)c3)cc2F)n(-c2cccc(C#N)c2)n1. The number of nitrogens with zero attached hydrogens (tertiary/aromatic N) is 6. The number of rotatable bonds is 7. The van der Waals surface area contributed by atoms with Crippen molar-refractivity contribution in [3.63, 3.8) is 0 Å². The van der Waals surface area contributed by atoms with Crippen LogP contribution in [0.4, 0.5) is 20.7 Å². The number of anilines is 2. The van der Waals surface area contributed by atoms with E-state index in [1.54, 1.807) is 65.6 Å². The van der Waals surface area contributed by atoms with Gasteiger partial charge < -0.3 is 10.1 Å². The molecule has 0 aliphatic carbocycles. The van der Waals surface area contributed by atoms with Crippen LogP contribution < -0.4 is 15.4 Å². The maximum Gasteiger partial charge on any atom is 0.324 e. The molecule has 11 heteroatoms. The van der Waals surface area contributed by atoms with Gasteiger partial charge in [0.25, 0.3) is 0 Å². The van der Waals surface area contributed by atoms with Gasteiger partial charge in [0.05, 0.1) is 40.6 Å². The number of aromatic nitrogens is 5. The largest absolute Gasteiger partial charge is 0.457 e. The van der Waals surface area contributed by atoms with Crippen molar-refractivity contribution in [3.8, 4) is 34.5 Å². The number of aryl methyl sites for hydroxylation is 1. The Bertz CT molecular complexity index is 1730. The van der Waals surface area contributed by atoms with Crippen LogP contribution in [0, 0.1) is 17.1 Å². The fraction of sp³-hybridized carbons (Fsp3) is 0.138. The Labute approximate surface area is 229 Å². The molecular formula is C29H25FN8O2. The van der Waals surface area contributed by atoms with Crippen LogP contribution in [0.1, 0.15) is 31.0 Å². The summed E-state index contributed by atoms with van der Waals surface area (Å²) in [7, 11) is 1.81. The zero-order chi connectivity index (χ0) is 28.2. The summed E-state index contributed by atoms with van der Waals surface area (Å²) in [6.07, 6.45) is 5.12. The summed E-state index contributed by atoms with van der Waals surface area (Å²) in [6, 6.07) is 17.6. The Balaban J connectivity index is 1.30. The molecule has 0 saturated carbocycles. The minimum atomic E-state index is -0.674. The number of halogens is 1. The summed E-state index contributed by atoms with van der Waals surface area (Å²) in [5.41, 5.74) is 3.27. The fourth-order valence-electron chi connectivity index (χ4n) is 3.93. The van der Waals surface area contributed by atoms with Gasteiger partial charge in [0, 0.05) is 43.2 Å². The number of benzene rings is 2. The molecule has 2 N–H and O–H groups in total.